The summed E-state index contributed by atoms with van der Waals surface area (Å²) in [6, 6.07) is 8.01. The van der Waals surface area contributed by atoms with Gasteiger partial charge in [0, 0.05) is 26.1 Å². The highest BCUT2D eigenvalue weighted by atomic mass is 16.5. The summed E-state index contributed by atoms with van der Waals surface area (Å²) in [5.74, 6) is 0.465. The van der Waals surface area contributed by atoms with E-state index in [0.29, 0.717) is 18.4 Å². The van der Waals surface area contributed by atoms with Gasteiger partial charge in [-0.3, -0.25) is 4.79 Å². The van der Waals surface area contributed by atoms with Crippen molar-refractivity contribution in [3.8, 4) is 0 Å². The van der Waals surface area contributed by atoms with E-state index in [9.17, 15) is 9.90 Å². The van der Waals surface area contributed by atoms with Crippen LogP contribution in [0.3, 0.4) is 0 Å². The van der Waals surface area contributed by atoms with Crippen molar-refractivity contribution in [2.75, 3.05) is 29.9 Å². The van der Waals surface area contributed by atoms with Crippen molar-refractivity contribution in [2.45, 2.75) is 57.7 Å². The average Bonchev–Trinajstić information content (AvgIpc) is 3.06. The number of nitrogens with one attached hydrogen (secondary N) is 1. The van der Waals surface area contributed by atoms with Crippen molar-refractivity contribution in [3.63, 3.8) is 0 Å². The molecule has 0 aromatic heterocycles. The van der Waals surface area contributed by atoms with E-state index >= 15 is 0 Å². The number of anilines is 2. The van der Waals surface area contributed by atoms with Crippen LogP contribution in [0, 0.1) is 5.92 Å². The lowest BCUT2D eigenvalue weighted by Crippen LogP contribution is -2.35. The number of para-hydroxylation sites is 2. The van der Waals surface area contributed by atoms with E-state index in [0.717, 1.165) is 56.6 Å². The Bertz CT molecular complexity index is 570. The number of benzene rings is 1. The number of rotatable bonds is 6. The molecule has 25 heavy (non-hydrogen) atoms. The summed E-state index contributed by atoms with van der Waals surface area (Å²) in [5, 5.41) is 12.4. The van der Waals surface area contributed by atoms with E-state index < -0.39 is 0 Å². The van der Waals surface area contributed by atoms with Crippen molar-refractivity contribution in [1.82, 2.24) is 0 Å². The predicted molar refractivity (Wildman–Crippen MR) is 99.9 cm³/mol. The highest BCUT2D eigenvalue weighted by molar-refractivity contribution is 5.94. The summed E-state index contributed by atoms with van der Waals surface area (Å²) in [7, 11) is 0. The van der Waals surface area contributed by atoms with Crippen LogP contribution in [0.1, 0.15) is 45.4 Å². The average molecular weight is 346 g/mol. The van der Waals surface area contributed by atoms with E-state index in [1.54, 1.807) is 0 Å². The molecule has 2 fully saturated rings. The lowest BCUT2D eigenvalue weighted by atomic mass is 9.97. The molecule has 2 N–H and O–H groups in total. The number of aliphatic hydroxyl groups excluding tert-OH is 1. The summed E-state index contributed by atoms with van der Waals surface area (Å²) in [6.45, 7) is 4.21. The number of carbonyl (C=O) groups is 1. The van der Waals surface area contributed by atoms with Gasteiger partial charge >= 0.3 is 0 Å². The van der Waals surface area contributed by atoms with E-state index in [-0.39, 0.29) is 18.6 Å². The van der Waals surface area contributed by atoms with E-state index in [2.05, 4.69) is 23.2 Å². The fourth-order valence-corrected chi connectivity index (χ4v) is 3.81. The molecule has 138 valence electrons. The van der Waals surface area contributed by atoms with Gasteiger partial charge in [0.2, 0.25) is 5.91 Å². The van der Waals surface area contributed by atoms with Gasteiger partial charge in [0.1, 0.15) is 0 Å². The standard InChI is InChI=1S/C20H30N2O3/c1-15-6-7-17(25-15)8-9-20(24)21-18-4-2-3-5-19(18)22-12-10-16(14-23)11-13-22/h2-5,15-17,23H,6-14H2,1H3,(H,21,24)/t15-,17+/m0/s1. The lowest BCUT2D eigenvalue weighted by Gasteiger charge is -2.34. The summed E-state index contributed by atoms with van der Waals surface area (Å²) in [6.07, 6.45) is 6.00. The zero-order valence-corrected chi connectivity index (χ0v) is 15.1. The molecule has 1 aromatic carbocycles. The fraction of sp³-hybridized carbons (Fsp3) is 0.650. The van der Waals surface area contributed by atoms with Crippen LogP contribution in [0.15, 0.2) is 24.3 Å². The maximum atomic E-state index is 12.4. The topological polar surface area (TPSA) is 61.8 Å². The molecule has 0 saturated carbocycles. The highest BCUT2D eigenvalue weighted by Gasteiger charge is 2.23. The van der Waals surface area contributed by atoms with E-state index in [1.165, 1.54) is 0 Å². The van der Waals surface area contributed by atoms with Crippen LogP contribution in [0.5, 0.6) is 0 Å². The minimum atomic E-state index is 0.0563. The van der Waals surface area contributed by atoms with Gasteiger partial charge < -0.3 is 20.1 Å². The van der Waals surface area contributed by atoms with Crippen LogP contribution in [0.4, 0.5) is 11.4 Å². The Balaban J connectivity index is 1.54. The molecular formula is C20H30N2O3. The second-order valence-corrected chi connectivity index (χ2v) is 7.36. The zero-order valence-electron chi connectivity index (χ0n) is 15.1. The van der Waals surface area contributed by atoms with Crippen molar-refractivity contribution in [1.29, 1.82) is 0 Å². The Morgan fingerprint density at radius 1 is 1.24 bits per heavy atom. The van der Waals surface area contributed by atoms with Crippen LogP contribution < -0.4 is 10.2 Å². The molecule has 2 aliphatic heterocycles. The Morgan fingerprint density at radius 3 is 2.68 bits per heavy atom. The number of amides is 1. The highest BCUT2D eigenvalue weighted by Crippen LogP contribution is 2.30. The smallest absolute Gasteiger partial charge is 0.224 e. The van der Waals surface area contributed by atoms with Crippen molar-refractivity contribution >= 4 is 17.3 Å². The second kappa shape index (κ2) is 8.68. The molecule has 0 aliphatic carbocycles. The molecule has 2 atom stereocenters. The van der Waals surface area contributed by atoms with Gasteiger partial charge in [-0.1, -0.05) is 12.1 Å². The van der Waals surface area contributed by atoms with Crippen LogP contribution in [0.2, 0.25) is 0 Å². The first kappa shape index (κ1) is 18.2. The van der Waals surface area contributed by atoms with Crippen molar-refractivity contribution < 1.29 is 14.6 Å². The molecule has 1 amide bonds. The first-order valence-corrected chi connectivity index (χ1v) is 9.56. The number of hydrogen-bond donors (Lipinski definition) is 2. The number of carbonyl (C=O) groups excluding carboxylic acids is 1. The molecule has 5 nitrogen and oxygen atoms in total. The summed E-state index contributed by atoms with van der Waals surface area (Å²) >= 11 is 0. The minimum absolute atomic E-state index is 0.0563. The molecule has 0 radical (unpaired) electrons. The third-order valence-electron chi connectivity index (χ3n) is 5.40. The molecule has 2 heterocycles. The van der Waals surface area contributed by atoms with Gasteiger partial charge in [0.05, 0.1) is 23.6 Å². The monoisotopic (exact) mass is 346 g/mol. The predicted octanol–water partition coefficient (Wildman–Crippen LogP) is 3.18. The minimum Gasteiger partial charge on any atom is -0.396 e. The summed E-state index contributed by atoms with van der Waals surface area (Å²) in [4.78, 5) is 14.7. The van der Waals surface area contributed by atoms with Crippen molar-refractivity contribution in [3.05, 3.63) is 24.3 Å². The Kier molecular flexibility index (Phi) is 6.32. The SMILES string of the molecule is C[C@H]1CC[C@H](CCC(=O)Nc2ccccc2N2CCC(CO)CC2)O1. The summed E-state index contributed by atoms with van der Waals surface area (Å²) in [5.41, 5.74) is 1.97. The van der Waals surface area contributed by atoms with E-state index in [1.807, 2.05) is 18.2 Å². The van der Waals surface area contributed by atoms with Gasteiger partial charge in [-0.2, -0.15) is 0 Å². The number of aliphatic hydroxyl groups is 1. The van der Waals surface area contributed by atoms with Gasteiger partial charge in [-0.05, 0) is 57.1 Å². The molecule has 3 rings (SSSR count). The molecule has 0 spiro atoms. The number of ether oxygens (including phenoxy) is 1. The van der Waals surface area contributed by atoms with Gasteiger partial charge in [0.15, 0.2) is 0 Å². The molecule has 5 heteroatoms. The Hall–Kier alpha value is -1.59. The molecule has 1 aromatic rings. The first-order chi connectivity index (χ1) is 12.2. The van der Waals surface area contributed by atoms with Crippen LogP contribution >= 0.6 is 0 Å². The Labute approximate surface area is 150 Å². The maximum Gasteiger partial charge on any atom is 0.224 e. The quantitative estimate of drug-likeness (QED) is 0.830. The number of hydrogen-bond acceptors (Lipinski definition) is 4. The third-order valence-corrected chi connectivity index (χ3v) is 5.40. The maximum absolute atomic E-state index is 12.4. The van der Waals surface area contributed by atoms with Crippen molar-refractivity contribution in [2.24, 2.45) is 5.92 Å². The molecule has 2 saturated heterocycles. The van der Waals surface area contributed by atoms with Gasteiger partial charge in [0.25, 0.3) is 0 Å². The number of nitrogens with zero attached hydrogens (tertiary/aromatic N) is 1. The number of piperidine rings is 1. The molecule has 0 bridgehead atoms. The second-order valence-electron chi connectivity index (χ2n) is 7.36. The Morgan fingerprint density at radius 2 is 2.00 bits per heavy atom. The van der Waals surface area contributed by atoms with Crippen LogP contribution in [0.25, 0.3) is 0 Å². The molecular weight excluding hydrogens is 316 g/mol. The third kappa shape index (κ3) is 4.95. The zero-order chi connectivity index (χ0) is 17.6. The van der Waals surface area contributed by atoms with Crippen LogP contribution in [-0.4, -0.2) is 42.9 Å². The molecule has 0 unspecified atom stereocenters. The fourth-order valence-electron chi connectivity index (χ4n) is 3.81. The normalized spacial score (nSPS) is 24.5. The van der Waals surface area contributed by atoms with Gasteiger partial charge in [-0.25, -0.2) is 0 Å². The first-order valence-electron chi connectivity index (χ1n) is 9.56. The van der Waals surface area contributed by atoms with E-state index in [4.69, 9.17) is 4.74 Å². The molecule has 2 aliphatic rings. The van der Waals surface area contributed by atoms with Gasteiger partial charge in [-0.15, -0.1) is 0 Å². The van der Waals surface area contributed by atoms with Crippen LogP contribution in [-0.2, 0) is 9.53 Å². The lowest BCUT2D eigenvalue weighted by molar-refractivity contribution is -0.116. The summed E-state index contributed by atoms with van der Waals surface area (Å²) < 4.78 is 5.79. The largest absolute Gasteiger partial charge is 0.396 e.